The predicted octanol–water partition coefficient (Wildman–Crippen LogP) is 3.17. The number of thioether (sulfide) groups is 1. The van der Waals surface area contributed by atoms with Gasteiger partial charge in [-0.25, -0.2) is 9.78 Å². The number of aromatic nitrogens is 2. The molecule has 0 spiro atoms. The van der Waals surface area contributed by atoms with Crippen molar-refractivity contribution < 1.29 is 4.42 Å². The van der Waals surface area contributed by atoms with Crippen molar-refractivity contribution in [3.63, 3.8) is 0 Å². The molecule has 0 bridgehead atoms. The Bertz CT molecular complexity index is 906. The molecule has 2 aromatic heterocycles. The summed E-state index contributed by atoms with van der Waals surface area (Å²) in [5.74, 6) is 0.786. The average molecular weight is 355 g/mol. The summed E-state index contributed by atoms with van der Waals surface area (Å²) in [6.45, 7) is 4.70. The monoisotopic (exact) mass is 355 g/mol. The molecule has 0 unspecified atom stereocenters. The van der Waals surface area contributed by atoms with Crippen molar-refractivity contribution >= 4 is 23.0 Å². The van der Waals surface area contributed by atoms with Crippen molar-refractivity contribution in [2.24, 2.45) is 0 Å². The number of hydrogen-bond acceptors (Lipinski definition) is 5. The number of nitrogens with zero attached hydrogens (tertiary/aromatic N) is 3. The fourth-order valence-corrected chi connectivity index (χ4v) is 4.82. The highest BCUT2D eigenvalue weighted by atomic mass is 32.2. The van der Waals surface area contributed by atoms with Crippen LogP contribution in [0.15, 0.2) is 57.9 Å². The van der Waals surface area contributed by atoms with Crippen LogP contribution in [0.25, 0.3) is 11.2 Å². The van der Waals surface area contributed by atoms with Crippen LogP contribution in [0.4, 0.5) is 0 Å². The Hall–Kier alpha value is -2.05. The van der Waals surface area contributed by atoms with E-state index in [0.717, 1.165) is 18.8 Å². The molecule has 6 heteroatoms. The van der Waals surface area contributed by atoms with E-state index in [0.29, 0.717) is 29.1 Å². The standard InChI is InChI=1S/C19H21N3O2S/c1-14-17(15-6-3-2-4-7-15)21(12-13-25-14)10-11-22-18-16(24-19(22)23)8-5-9-20-18/h2-9,14,17H,10-13H2,1H3/t14-,17-/m0/s1. The first kappa shape index (κ1) is 16.4. The van der Waals surface area contributed by atoms with Gasteiger partial charge in [-0.2, -0.15) is 11.8 Å². The summed E-state index contributed by atoms with van der Waals surface area (Å²) in [6, 6.07) is 14.6. The molecular formula is C19H21N3O2S. The lowest BCUT2D eigenvalue weighted by molar-refractivity contribution is 0.192. The fraction of sp³-hybridized carbons (Fsp3) is 0.368. The Kier molecular flexibility index (Phi) is 4.63. The first-order valence-corrected chi connectivity index (χ1v) is 9.64. The van der Waals surface area contributed by atoms with Crippen molar-refractivity contribution in [2.45, 2.75) is 24.8 Å². The van der Waals surface area contributed by atoms with Gasteiger partial charge in [0, 0.05) is 42.9 Å². The lowest BCUT2D eigenvalue weighted by atomic mass is 10.0. The molecule has 0 aliphatic carbocycles. The Morgan fingerprint density at radius 2 is 2.04 bits per heavy atom. The molecule has 0 N–H and O–H groups in total. The van der Waals surface area contributed by atoms with E-state index in [-0.39, 0.29) is 5.76 Å². The lowest BCUT2D eigenvalue weighted by Crippen LogP contribution is -2.42. The van der Waals surface area contributed by atoms with Gasteiger partial charge in [-0.05, 0) is 17.7 Å². The molecule has 0 saturated carbocycles. The molecule has 1 aromatic carbocycles. The zero-order chi connectivity index (χ0) is 17.2. The molecule has 0 radical (unpaired) electrons. The fourth-order valence-electron chi connectivity index (χ4n) is 3.59. The first-order valence-electron chi connectivity index (χ1n) is 8.59. The minimum Gasteiger partial charge on any atom is -0.406 e. The average Bonchev–Trinajstić information content (AvgIpc) is 2.96. The van der Waals surface area contributed by atoms with Crippen molar-refractivity contribution in [3.8, 4) is 0 Å². The van der Waals surface area contributed by atoms with Crippen LogP contribution < -0.4 is 5.76 Å². The molecule has 3 aromatic rings. The maximum absolute atomic E-state index is 12.2. The molecule has 1 aliphatic rings. The molecule has 1 aliphatic heterocycles. The summed E-state index contributed by atoms with van der Waals surface area (Å²) in [5.41, 5.74) is 2.52. The third-order valence-electron chi connectivity index (χ3n) is 4.77. The quantitative estimate of drug-likeness (QED) is 0.719. The maximum atomic E-state index is 12.2. The Labute approximate surface area is 150 Å². The van der Waals surface area contributed by atoms with E-state index in [1.807, 2.05) is 11.8 Å². The van der Waals surface area contributed by atoms with Gasteiger partial charge in [-0.15, -0.1) is 0 Å². The summed E-state index contributed by atoms with van der Waals surface area (Å²) in [5, 5.41) is 0.520. The molecule has 0 amide bonds. The first-order chi connectivity index (χ1) is 12.2. The number of pyridine rings is 1. The third-order valence-corrected chi connectivity index (χ3v) is 5.98. The highest BCUT2D eigenvalue weighted by Gasteiger charge is 2.30. The van der Waals surface area contributed by atoms with E-state index in [1.54, 1.807) is 22.9 Å². The molecule has 1 fully saturated rings. The molecular weight excluding hydrogens is 334 g/mol. The Morgan fingerprint density at radius 1 is 1.20 bits per heavy atom. The Balaban J connectivity index is 1.58. The molecule has 25 heavy (non-hydrogen) atoms. The van der Waals surface area contributed by atoms with Crippen molar-refractivity contribution in [3.05, 3.63) is 64.8 Å². The smallest absolute Gasteiger partial charge is 0.406 e. The van der Waals surface area contributed by atoms with Gasteiger partial charge in [0.05, 0.1) is 0 Å². The van der Waals surface area contributed by atoms with Gasteiger partial charge in [-0.1, -0.05) is 37.3 Å². The van der Waals surface area contributed by atoms with E-state index in [1.165, 1.54) is 5.56 Å². The molecule has 130 valence electrons. The minimum atomic E-state index is -0.329. The minimum absolute atomic E-state index is 0.329. The van der Waals surface area contributed by atoms with Crippen LogP contribution >= 0.6 is 11.8 Å². The largest absolute Gasteiger partial charge is 0.421 e. The second kappa shape index (κ2) is 7.06. The van der Waals surface area contributed by atoms with Crippen LogP contribution in [-0.2, 0) is 6.54 Å². The van der Waals surface area contributed by atoms with Crippen molar-refractivity contribution in [2.75, 3.05) is 18.8 Å². The summed E-state index contributed by atoms with van der Waals surface area (Å²) >= 11 is 2.01. The van der Waals surface area contributed by atoms with Crippen molar-refractivity contribution in [1.29, 1.82) is 0 Å². The molecule has 3 heterocycles. The number of rotatable bonds is 4. The topological polar surface area (TPSA) is 51.3 Å². The molecule has 5 nitrogen and oxygen atoms in total. The van der Waals surface area contributed by atoms with Gasteiger partial charge in [0.2, 0.25) is 0 Å². The number of benzene rings is 1. The van der Waals surface area contributed by atoms with Crippen LogP contribution in [0, 0.1) is 0 Å². The van der Waals surface area contributed by atoms with E-state index in [4.69, 9.17) is 4.42 Å². The number of oxazole rings is 1. The summed E-state index contributed by atoms with van der Waals surface area (Å²) in [4.78, 5) is 18.9. The molecule has 2 atom stereocenters. The maximum Gasteiger partial charge on any atom is 0.421 e. The highest BCUT2D eigenvalue weighted by molar-refractivity contribution is 8.00. The van der Waals surface area contributed by atoms with Crippen LogP contribution in [0.3, 0.4) is 0 Å². The van der Waals surface area contributed by atoms with Gasteiger partial charge in [0.25, 0.3) is 0 Å². The molecule has 1 saturated heterocycles. The number of fused-ring (bicyclic) bond motifs is 1. The zero-order valence-corrected chi connectivity index (χ0v) is 15.0. The van der Waals surface area contributed by atoms with E-state index >= 15 is 0 Å². The lowest BCUT2D eigenvalue weighted by Gasteiger charge is -2.40. The van der Waals surface area contributed by atoms with E-state index in [9.17, 15) is 4.79 Å². The van der Waals surface area contributed by atoms with Gasteiger partial charge in [-0.3, -0.25) is 9.47 Å². The van der Waals surface area contributed by atoms with E-state index < -0.39 is 0 Å². The van der Waals surface area contributed by atoms with Crippen LogP contribution in [0.5, 0.6) is 0 Å². The van der Waals surface area contributed by atoms with Gasteiger partial charge < -0.3 is 4.42 Å². The van der Waals surface area contributed by atoms with Crippen molar-refractivity contribution in [1.82, 2.24) is 14.5 Å². The van der Waals surface area contributed by atoms with E-state index in [2.05, 4.69) is 47.1 Å². The predicted molar refractivity (Wildman–Crippen MR) is 101 cm³/mol. The molecule has 4 rings (SSSR count). The van der Waals surface area contributed by atoms with Crippen LogP contribution in [-0.4, -0.2) is 38.5 Å². The second-order valence-electron chi connectivity index (χ2n) is 6.31. The zero-order valence-electron chi connectivity index (χ0n) is 14.2. The highest BCUT2D eigenvalue weighted by Crippen LogP contribution is 2.35. The summed E-state index contributed by atoms with van der Waals surface area (Å²) in [6.07, 6.45) is 1.69. The van der Waals surface area contributed by atoms with Gasteiger partial charge in [0.1, 0.15) is 0 Å². The normalized spacial score (nSPS) is 21.6. The van der Waals surface area contributed by atoms with Crippen LogP contribution in [0.1, 0.15) is 18.5 Å². The van der Waals surface area contributed by atoms with Gasteiger partial charge in [0.15, 0.2) is 11.2 Å². The summed E-state index contributed by atoms with van der Waals surface area (Å²) < 4.78 is 6.94. The SMILES string of the molecule is C[C@@H]1SCCN(CCn2c(=O)oc3cccnc32)[C@@H]1c1ccccc1. The number of hydrogen-bond donors (Lipinski definition) is 0. The third kappa shape index (κ3) is 3.24. The Morgan fingerprint density at radius 3 is 2.88 bits per heavy atom. The second-order valence-corrected chi connectivity index (χ2v) is 7.80. The van der Waals surface area contributed by atoms with Gasteiger partial charge >= 0.3 is 5.76 Å². The van der Waals surface area contributed by atoms with Crippen LogP contribution in [0.2, 0.25) is 0 Å². The summed E-state index contributed by atoms with van der Waals surface area (Å²) in [7, 11) is 0.